The lowest BCUT2D eigenvalue weighted by Gasteiger charge is -2.09. The minimum absolute atomic E-state index is 0.00946. The Morgan fingerprint density at radius 1 is 1.15 bits per heavy atom. The number of amides is 1. The molecule has 3 aromatic rings. The number of thioether (sulfide) groups is 1. The van der Waals surface area contributed by atoms with Crippen molar-refractivity contribution in [2.45, 2.75) is 11.6 Å². The van der Waals surface area contributed by atoms with Crippen molar-refractivity contribution in [1.82, 2.24) is 14.9 Å². The van der Waals surface area contributed by atoms with Crippen LogP contribution in [0.1, 0.15) is 5.56 Å². The second-order valence-corrected chi connectivity index (χ2v) is 6.59. The minimum Gasteiger partial charge on any atom is -0.497 e. The van der Waals surface area contributed by atoms with Gasteiger partial charge in [-0.3, -0.25) is 9.36 Å². The highest BCUT2D eigenvalue weighted by Crippen LogP contribution is 2.22. The molecule has 0 fully saturated rings. The molecule has 1 aromatic heterocycles. The number of nitrogens with zero attached hydrogens (tertiary/aromatic N) is 2. The second-order valence-electron chi connectivity index (χ2n) is 5.65. The molecule has 1 N–H and O–H groups in total. The van der Waals surface area contributed by atoms with Crippen molar-refractivity contribution in [3.63, 3.8) is 0 Å². The van der Waals surface area contributed by atoms with Crippen LogP contribution in [0.25, 0.3) is 5.69 Å². The molecule has 134 valence electrons. The summed E-state index contributed by atoms with van der Waals surface area (Å²) in [5.41, 5.74) is 2.20. The standard InChI is InChI=1S/C20H21N3O2S/c1-25-18-9-7-17(8-10-18)23-14-13-22-20(23)26-15-19(24)21-12-11-16-5-3-2-4-6-16/h2-10,13-14H,11-12,15H2,1H3,(H,21,24). The van der Waals surface area contributed by atoms with Gasteiger partial charge in [-0.05, 0) is 36.2 Å². The van der Waals surface area contributed by atoms with Gasteiger partial charge in [0.25, 0.3) is 0 Å². The Bertz CT molecular complexity index is 832. The third-order valence-corrected chi connectivity index (χ3v) is 4.84. The van der Waals surface area contributed by atoms with E-state index >= 15 is 0 Å². The Morgan fingerprint density at radius 3 is 2.65 bits per heavy atom. The SMILES string of the molecule is COc1ccc(-n2ccnc2SCC(=O)NCCc2ccccc2)cc1. The lowest BCUT2D eigenvalue weighted by Crippen LogP contribution is -2.27. The van der Waals surface area contributed by atoms with E-state index in [1.807, 2.05) is 53.2 Å². The molecular formula is C20H21N3O2S. The van der Waals surface area contributed by atoms with Gasteiger partial charge in [-0.15, -0.1) is 0 Å². The molecule has 0 saturated heterocycles. The molecule has 5 nitrogen and oxygen atoms in total. The number of carbonyl (C=O) groups excluding carboxylic acids is 1. The Kier molecular flexibility index (Phi) is 6.33. The van der Waals surface area contributed by atoms with Gasteiger partial charge in [0.1, 0.15) is 5.75 Å². The van der Waals surface area contributed by atoms with Gasteiger partial charge in [-0.1, -0.05) is 42.1 Å². The molecule has 0 bridgehead atoms. The highest BCUT2D eigenvalue weighted by atomic mass is 32.2. The molecule has 1 heterocycles. The lowest BCUT2D eigenvalue weighted by molar-refractivity contribution is -0.118. The fourth-order valence-electron chi connectivity index (χ4n) is 2.51. The van der Waals surface area contributed by atoms with Gasteiger partial charge in [0.05, 0.1) is 12.9 Å². The number of ether oxygens (including phenoxy) is 1. The van der Waals surface area contributed by atoms with Crippen molar-refractivity contribution in [2.75, 3.05) is 19.4 Å². The van der Waals surface area contributed by atoms with E-state index in [2.05, 4.69) is 22.4 Å². The Morgan fingerprint density at radius 2 is 1.92 bits per heavy atom. The van der Waals surface area contributed by atoms with E-state index in [4.69, 9.17) is 4.74 Å². The zero-order chi connectivity index (χ0) is 18.2. The summed E-state index contributed by atoms with van der Waals surface area (Å²) in [7, 11) is 1.64. The molecule has 3 rings (SSSR count). The van der Waals surface area contributed by atoms with Crippen molar-refractivity contribution in [3.05, 3.63) is 72.6 Å². The van der Waals surface area contributed by atoms with E-state index in [0.717, 1.165) is 23.0 Å². The summed E-state index contributed by atoms with van der Waals surface area (Å²) in [5.74, 6) is 1.15. The lowest BCUT2D eigenvalue weighted by atomic mass is 10.1. The molecule has 0 radical (unpaired) electrons. The predicted octanol–water partition coefficient (Wildman–Crippen LogP) is 3.33. The third-order valence-electron chi connectivity index (χ3n) is 3.87. The molecule has 0 spiro atoms. The summed E-state index contributed by atoms with van der Waals surface area (Å²) < 4.78 is 7.14. The van der Waals surface area contributed by atoms with E-state index < -0.39 is 0 Å². The zero-order valence-corrected chi connectivity index (χ0v) is 15.4. The zero-order valence-electron chi connectivity index (χ0n) is 14.6. The molecule has 0 saturated carbocycles. The number of imidazole rings is 1. The van der Waals surface area contributed by atoms with E-state index in [-0.39, 0.29) is 5.91 Å². The first kappa shape index (κ1) is 18.1. The fraction of sp³-hybridized carbons (Fsp3) is 0.200. The maximum atomic E-state index is 12.1. The molecule has 1 amide bonds. The minimum atomic E-state index is 0.00946. The average Bonchev–Trinajstić information content (AvgIpc) is 3.16. The van der Waals surface area contributed by atoms with Gasteiger partial charge in [-0.25, -0.2) is 4.98 Å². The molecule has 0 aliphatic heterocycles. The molecular weight excluding hydrogens is 346 g/mol. The molecule has 2 aromatic carbocycles. The topological polar surface area (TPSA) is 56.2 Å². The number of hydrogen-bond acceptors (Lipinski definition) is 4. The van der Waals surface area contributed by atoms with Crippen LogP contribution in [0.4, 0.5) is 0 Å². The molecule has 0 atom stereocenters. The van der Waals surface area contributed by atoms with E-state index in [1.165, 1.54) is 17.3 Å². The van der Waals surface area contributed by atoms with Crippen molar-refractivity contribution < 1.29 is 9.53 Å². The Labute approximate surface area is 157 Å². The van der Waals surface area contributed by atoms with E-state index in [0.29, 0.717) is 12.3 Å². The van der Waals surface area contributed by atoms with E-state index in [1.54, 1.807) is 13.3 Å². The molecule has 0 aliphatic carbocycles. The number of hydrogen-bond donors (Lipinski definition) is 1. The maximum absolute atomic E-state index is 12.1. The molecule has 0 unspecified atom stereocenters. The second kappa shape index (κ2) is 9.10. The molecule has 26 heavy (non-hydrogen) atoms. The number of rotatable bonds is 8. The maximum Gasteiger partial charge on any atom is 0.230 e. The van der Waals surface area contributed by atoms with Crippen LogP contribution in [0.5, 0.6) is 5.75 Å². The Balaban J connectivity index is 1.50. The van der Waals surface area contributed by atoms with Gasteiger partial charge in [0, 0.05) is 24.6 Å². The Hall–Kier alpha value is -2.73. The fourth-order valence-corrected chi connectivity index (χ4v) is 3.31. The number of benzene rings is 2. The predicted molar refractivity (Wildman–Crippen MR) is 104 cm³/mol. The first-order valence-electron chi connectivity index (χ1n) is 8.37. The largest absolute Gasteiger partial charge is 0.497 e. The summed E-state index contributed by atoms with van der Waals surface area (Å²) in [6, 6.07) is 17.9. The summed E-state index contributed by atoms with van der Waals surface area (Å²) in [5, 5.41) is 3.74. The number of methoxy groups -OCH3 is 1. The van der Waals surface area contributed by atoms with Crippen LogP contribution in [0, 0.1) is 0 Å². The summed E-state index contributed by atoms with van der Waals surface area (Å²) in [6.07, 6.45) is 4.45. The van der Waals surface area contributed by atoms with E-state index in [9.17, 15) is 4.79 Å². The van der Waals surface area contributed by atoms with Crippen LogP contribution in [0.2, 0.25) is 0 Å². The smallest absolute Gasteiger partial charge is 0.230 e. The van der Waals surface area contributed by atoms with Crippen molar-refractivity contribution in [1.29, 1.82) is 0 Å². The van der Waals surface area contributed by atoms with Gasteiger partial charge < -0.3 is 10.1 Å². The van der Waals surface area contributed by atoms with Crippen LogP contribution in [0.15, 0.2) is 72.1 Å². The van der Waals surface area contributed by atoms with Crippen molar-refractivity contribution in [3.8, 4) is 11.4 Å². The number of nitrogens with one attached hydrogen (secondary N) is 1. The highest BCUT2D eigenvalue weighted by Gasteiger charge is 2.09. The normalized spacial score (nSPS) is 10.5. The summed E-state index contributed by atoms with van der Waals surface area (Å²) in [4.78, 5) is 16.4. The van der Waals surface area contributed by atoms with Gasteiger partial charge in [0.15, 0.2) is 5.16 Å². The van der Waals surface area contributed by atoms with Crippen LogP contribution in [-0.4, -0.2) is 34.9 Å². The van der Waals surface area contributed by atoms with Gasteiger partial charge >= 0.3 is 0 Å². The van der Waals surface area contributed by atoms with Gasteiger partial charge in [0.2, 0.25) is 5.91 Å². The van der Waals surface area contributed by atoms with Gasteiger partial charge in [-0.2, -0.15) is 0 Å². The van der Waals surface area contributed by atoms with Crippen molar-refractivity contribution in [2.24, 2.45) is 0 Å². The third kappa shape index (κ3) is 4.89. The summed E-state index contributed by atoms with van der Waals surface area (Å²) >= 11 is 1.42. The molecule has 6 heteroatoms. The highest BCUT2D eigenvalue weighted by molar-refractivity contribution is 7.99. The number of carbonyl (C=O) groups is 1. The van der Waals surface area contributed by atoms with Crippen molar-refractivity contribution >= 4 is 17.7 Å². The first-order valence-corrected chi connectivity index (χ1v) is 9.36. The van der Waals surface area contributed by atoms with Crippen LogP contribution < -0.4 is 10.1 Å². The molecule has 0 aliphatic rings. The monoisotopic (exact) mass is 367 g/mol. The van der Waals surface area contributed by atoms with Crippen LogP contribution in [0.3, 0.4) is 0 Å². The van der Waals surface area contributed by atoms with Crippen LogP contribution >= 0.6 is 11.8 Å². The quantitative estimate of drug-likeness (QED) is 0.621. The average molecular weight is 367 g/mol. The first-order chi connectivity index (χ1) is 12.8. The number of aromatic nitrogens is 2. The summed E-state index contributed by atoms with van der Waals surface area (Å²) in [6.45, 7) is 0.635. The van der Waals surface area contributed by atoms with Crippen LogP contribution in [-0.2, 0) is 11.2 Å².